The first-order chi connectivity index (χ1) is 9.72. The van der Waals surface area contributed by atoms with E-state index in [0.717, 1.165) is 6.61 Å². The topological polar surface area (TPSA) is 21.3 Å². The van der Waals surface area contributed by atoms with Crippen LogP contribution in [0.3, 0.4) is 0 Å². The van der Waals surface area contributed by atoms with Gasteiger partial charge in [-0.25, -0.2) is 0 Å². The van der Waals surface area contributed by atoms with Gasteiger partial charge in [-0.15, -0.1) is 0 Å². The molecule has 3 rings (SSSR count). The fraction of sp³-hybridized carbons (Fsp3) is 0.647. The average molecular weight is 385 g/mol. The van der Waals surface area contributed by atoms with Gasteiger partial charge in [0.15, 0.2) is 0 Å². The van der Waals surface area contributed by atoms with Crippen LogP contribution in [-0.4, -0.2) is 19.3 Å². The molecule has 0 amide bonds. The first-order valence-corrected chi connectivity index (χ1v) is 8.87. The summed E-state index contributed by atoms with van der Waals surface area (Å²) in [4.78, 5) is 0. The predicted molar refractivity (Wildman–Crippen MR) is 90.8 cm³/mol. The highest BCUT2D eigenvalue weighted by molar-refractivity contribution is 14.1. The Morgan fingerprint density at radius 2 is 2.15 bits per heavy atom. The van der Waals surface area contributed by atoms with Gasteiger partial charge in [0.2, 0.25) is 0 Å². The van der Waals surface area contributed by atoms with E-state index < -0.39 is 0 Å². The molecule has 0 radical (unpaired) electrons. The van der Waals surface area contributed by atoms with Crippen LogP contribution in [0.15, 0.2) is 24.3 Å². The highest BCUT2D eigenvalue weighted by Crippen LogP contribution is 2.45. The zero-order chi connectivity index (χ0) is 14.0. The molecule has 0 aromatic heterocycles. The Hall–Kier alpha value is -0.130. The molecule has 1 heterocycles. The minimum atomic E-state index is 0.208. The van der Waals surface area contributed by atoms with E-state index in [9.17, 15) is 0 Å². The molecule has 2 unspecified atom stereocenters. The van der Waals surface area contributed by atoms with Gasteiger partial charge in [-0.3, -0.25) is 0 Å². The van der Waals surface area contributed by atoms with Gasteiger partial charge in [0, 0.05) is 16.2 Å². The van der Waals surface area contributed by atoms with Crippen molar-refractivity contribution >= 4 is 22.6 Å². The molecule has 0 bridgehead atoms. The molecule has 1 aliphatic heterocycles. The second-order valence-electron chi connectivity index (χ2n) is 6.31. The molecule has 1 aliphatic carbocycles. The van der Waals surface area contributed by atoms with Gasteiger partial charge >= 0.3 is 0 Å². The third-order valence-corrected chi connectivity index (χ3v) is 5.71. The predicted octanol–water partition coefficient (Wildman–Crippen LogP) is 4.29. The van der Waals surface area contributed by atoms with Gasteiger partial charge in [-0.05, 0) is 78.9 Å². The number of ether oxygens (including phenoxy) is 1. The SMILES string of the molecule is CNC(c1cccc(I)c1)C1CCOC2(CCCC2)C1. The van der Waals surface area contributed by atoms with Gasteiger partial charge in [-0.2, -0.15) is 0 Å². The lowest BCUT2D eigenvalue weighted by molar-refractivity contribution is -0.0978. The van der Waals surface area contributed by atoms with Crippen molar-refractivity contribution in [3.05, 3.63) is 33.4 Å². The highest BCUT2D eigenvalue weighted by Gasteiger charge is 2.41. The molecule has 2 atom stereocenters. The molecule has 2 fully saturated rings. The summed E-state index contributed by atoms with van der Waals surface area (Å²) in [5.41, 5.74) is 1.64. The van der Waals surface area contributed by atoms with Crippen LogP contribution in [0.1, 0.15) is 50.1 Å². The third-order valence-electron chi connectivity index (χ3n) is 5.04. The van der Waals surface area contributed by atoms with Gasteiger partial charge in [0.1, 0.15) is 0 Å². The van der Waals surface area contributed by atoms with Crippen molar-refractivity contribution in [1.29, 1.82) is 0 Å². The van der Waals surface area contributed by atoms with Crippen LogP contribution in [0.4, 0.5) is 0 Å². The molecule has 1 N–H and O–H groups in total. The lowest BCUT2D eigenvalue weighted by atomic mass is 9.78. The minimum Gasteiger partial charge on any atom is -0.375 e. The molecule has 1 saturated carbocycles. The quantitative estimate of drug-likeness (QED) is 0.784. The summed E-state index contributed by atoms with van der Waals surface area (Å²) in [6, 6.07) is 9.38. The summed E-state index contributed by atoms with van der Waals surface area (Å²) < 4.78 is 7.50. The summed E-state index contributed by atoms with van der Waals surface area (Å²) >= 11 is 2.41. The summed E-state index contributed by atoms with van der Waals surface area (Å²) in [5, 5.41) is 3.56. The van der Waals surface area contributed by atoms with E-state index in [1.807, 2.05) is 0 Å². The number of nitrogens with one attached hydrogen (secondary N) is 1. The first kappa shape index (κ1) is 14.8. The summed E-state index contributed by atoms with van der Waals surface area (Å²) in [5.74, 6) is 0.699. The zero-order valence-corrected chi connectivity index (χ0v) is 14.4. The number of halogens is 1. The fourth-order valence-corrected chi connectivity index (χ4v) is 4.66. The van der Waals surface area contributed by atoms with Gasteiger partial charge < -0.3 is 10.1 Å². The minimum absolute atomic E-state index is 0.208. The standard InChI is InChI=1S/C17H24INO/c1-19-16(13-5-4-6-15(18)11-13)14-7-10-20-17(12-14)8-2-3-9-17/h4-6,11,14,16,19H,2-3,7-10,12H2,1H3. The van der Waals surface area contributed by atoms with Gasteiger partial charge in [-0.1, -0.05) is 25.0 Å². The Morgan fingerprint density at radius 3 is 2.85 bits per heavy atom. The maximum absolute atomic E-state index is 6.18. The molecule has 2 aliphatic rings. The molecular weight excluding hydrogens is 361 g/mol. The highest BCUT2D eigenvalue weighted by atomic mass is 127. The van der Waals surface area contributed by atoms with Crippen LogP contribution in [0.5, 0.6) is 0 Å². The van der Waals surface area contributed by atoms with Crippen LogP contribution in [0.25, 0.3) is 0 Å². The van der Waals surface area contributed by atoms with E-state index in [4.69, 9.17) is 4.74 Å². The number of benzene rings is 1. The van der Waals surface area contributed by atoms with E-state index in [1.165, 1.54) is 47.7 Å². The number of hydrogen-bond acceptors (Lipinski definition) is 2. The molecule has 1 aromatic rings. The smallest absolute Gasteiger partial charge is 0.0686 e. The van der Waals surface area contributed by atoms with Crippen LogP contribution < -0.4 is 5.32 Å². The van der Waals surface area contributed by atoms with Crippen molar-refractivity contribution in [2.45, 2.75) is 50.2 Å². The van der Waals surface area contributed by atoms with E-state index >= 15 is 0 Å². The second-order valence-corrected chi connectivity index (χ2v) is 7.56. The molecule has 1 spiro atoms. The average Bonchev–Trinajstić information content (AvgIpc) is 2.88. The van der Waals surface area contributed by atoms with E-state index in [2.05, 4.69) is 59.2 Å². The maximum atomic E-state index is 6.18. The van der Waals surface area contributed by atoms with Crippen LogP contribution in [0.2, 0.25) is 0 Å². The normalized spacial score (nSPS) is 26.8. The molecule has 110 valence electrons. The van der Waals surface area contributed by atoms with Gasteiger partial charge in [0.05, 0.1) is 5.60 Å². The van der Waals surface area contributed by atoms with Crippen molar-refractivity contribution in [3.8, 4) is 0 Å². The maximum Gasteiger partial charge on any atom is 0.0686 e. The van der Waals surface area contributed by atoms with Crippen molar-refractivity contribution < 1.29 is 4.74 Å². The van der Waals surface area contributed by atoms with Crippen LogP contribution >= 0.6 is 22.6 Å². The van der Waals surface area contributed by atoms with Crippen molar-refractivity contribution in [3.63, 3.8) is 0 Å². The largest absolute Gasteiger partial charge is 0.375 e. The molecule has 1 aromatic carbocycles. The molecule has 2 nitrogen and oxygen atoms in total. The Bertz CT molecular complexity index is 456. The van der Waals surface area contributed by atoms with Crippen molar-refractivity contribution in [2.75, 3.05) is 13.7 Å². The Morgan fingerprint density at radius 1 is 1.35 bits per heavy atom. The molecule has 1 saturated heterocycles. The lowest BCUT2D eigenvalue weighted by Gasteiger charge is -2.41. The summed E-state index contributed by atoms with van der Waals surface area (Å²) in [6.45, 7) is 0.937. The zero-order valence-electron chi connectivity index (χ0n) is 12.2. The fourth-order valence-electron chi connectivity index (χ4n) is 4.09. The van der Waals surface area contributed by atoms with Crippen molar-refractivity contribution in [2.24, 2.45) is 5.92 Å². The Kier molecular flexibility index (Phi) is 4.68. The van der Waals surface area contributed by atoms with E-state index in [1.54, 1.807) is 0 Å². The lowest BCUT2D eigenvalue weighted by Crippen LogP contribution is -2.41. The monoisotopic (exact) mass is 385 g/mol. The van der Waals surface area contributed by atoms with Gasteiger partial charge in [0.25, 0.3) is 0 Å². The Labute approximate surface area is 135 Å². The Balaban J connectivity index is 1.78. The summed E-state index contributed by atoms with van der Waals surface area (Å²) in [7, 11) is 2.10. The molecular formula is C17H24INO. The van der Waals surface area contributed by atoms with Crippen molar-refractivity contribution in [1.82, 2.24) is 5.32 Å². The second kappa shape index (κ2) is 6.32. The molecule has 20 heavy (non-hydrogen) atoms. The van der Waals surface area contributed by atoms with Crippen LogP contribution in [-0.2, 0) is 4.74 Å². The summed E-state index contributed by atoms with van der Waals surface area (Å²) in [6.07, 6.45) is 7.64. The number of hydrogen-bond donors (Lipinski definition) is 1. The third kappa shape index (κ3) is 3.04. The first-order valence-electron chi connectivity index (χ1n) is 7.79. The van der Waals surface area contributed by atoms with E-state index in [0.29, 0.717) is 12.0 Å². The van der Waals surface area contributed by atoms with E-state index in [-0.39, 0.29) is 5.60 Å². The van der Waals surface area contributed by atoms with Crippen LogP contribution in [0, 0.1) is 9.49 Å². The number of rotatable bonds is 3. The molecule has 3 heteroatoms.